The molecule has 0 saturated carbocycles. The van der Waals surface area contributed by atoms with Crippen LogP contribution >= 0.6 is 11.6 Å². The van der Waals surface area contributed by atoms with E-state index in [2.05, 4.69) is 13.0 Å². The van der Waals surface area contributed by atoms with E-state index in [0.717, 1.165) is 17.7 Å². The minimum absolute atomic E-state index is 0.438. The summed E-state index contributed by atoms with van der Waals surface area (Å²) in [4.78, 5) is 0. The molecule has 0 saturated heterocycles. The molecular weight excluding hydrogens is 246 g/mol. The number of aryl methyl sites for hydroxylation is 1. The Bertz CT molecular complexity index is 602. The van der Waals surface area contributed by atoms with Crippen molar-refractivity contribution >= 4 is 11.6 Å². The summed E-state index contributed by atoms with van der Waals surface area (Å²) < 4.78 is 5.80. The van der Waals surface area contributed by atoms with Crippen molar-refractivity contribution in [2.24, 2.45) is 0 Å². The molecule has 0 unspecified atom stereocenters. The molecule has 0 N–H and O–H groups in total. The van der Waals surface area contributed by atoms with Gasteiger partial charge in [-0.05, 0) is 36.2 Å². The Balaban J connectivity index is 2.37. The lowest BCUT2D eigenvalue weighted by Gasteiger charge is -2.11. The number of rotatable bonds is 3. The predicted molar refractivity (Wildman–Crippen MR) is 72.1 cm³/mol. The number of halogens is 1. The lowest BCUT2D eigenvalue weighted by Crippen LogP contribution is -1.92. The van der Waals surface area contributed by atoms with Crippen LogP contribution in [0.25, 0.3) is 0 Å². The van der Waals surface area contributed by atoms with E-state index in [1.165, 1.54) is 0 Å². The second kappa shape index (κ2) is 5.57. The number of nitrogens with zero attached hydrogens (tertiary/aromatic N) is 1. The number of para-hydroxylation sites is 1. The largest absolute Gasteiger partial charge is 0.456 e. The quantitative estimate of drug-likeness (QED) is 0.807. The van der Waals surface area contributed by atoms with Crippen molar-refractivity contribution in [1.82, 2.24) is 0 Å². The van der Waals surface area contributed by atoms with Crippen LogP contribution in [0.15, 0.2) is 42.5 Å². The van der Waals surface area contributed by atoms with Gasteiger partial charge in [0.25, 0.3) is 0 Å². The van der Waals surface area contributed by atoms with Crippen LogP contribution in [-0.2, 0) is 6.42 Å². The third-order valence-electron chi connectivity index (χ3n) is 2.64. The van der Waals surface area contributed by atoms with Crippen LogP contribution in [0.2, 0.25) is 5.02 Å². The Morgan fingerprint density at radius 3 is 2.67 bits per heavy atom. The zero-order valence-corrected chi connectivity index (χ0v) is 10.7. The molecule has 0 spiro atoms. The van der Waals surface area contributed by atoms with Gasteiger partial charge >= 0.3 is 0 Å². The van der Waals surface area contributed by atoms with Crippen molar-refractivity contribution < 1.29 is 4.74 Å². The molecule has 2 nitrogen and oxygen atoms in total. The van der Waals surface area contributed by atoms with Crippen molar-refractivity contribution in [3.8, 4) is 17.6 Å². The predicted octanol–water partition coefficient (Wildman–Crippen LogP) is 4.57. The summed E-state index contributed by atoms with van der Waals surface area (Å²) in [5.74, 6) is 1.31. The highest BCUT2D eigenvalue weighted by Gasteiger charge is 2.07. The summed E-state index contributed by atoms with van der Waals surface area (Å²) in [6.07, 6.45) is 0.881. The molecule has 0 aromatic heterocycles. The molecule has 0 aliphatic carbocycles. The van der Waals surface area contributed by atoms with Crippen molar-refractivity contribution in [2.45, 2.75) is 13.3 Å². The molecular formula is C15H12ClNO. The van der Waals surface area contributed by atoms with Gasteiger partial charge in [0.1, 0.15) is 17.6 Å². The highest BCUT2D eigenvalue weighted by Crippen LogP contribution is 2.29. The first-order chi connectivity index (χ1) is 8.74. The van der Waals surface area contributed by atoms with Crippen molar-refractivity contribution in [2.75, 3.05) is 0 Å². The summed E-state index contributed by atoms with van der Waals surface area (Å²) in [6, 6.07) is 14.9. The van der Waals surface area contributed by atoms with Crippen LogP contribution in [0.5, 0.6) is 11.5 Å². The van der Waals surface area contributed by atoms with Crippen molar-refractivity contribution in [3.05, 3.63) is 58.6 Å². The van der Waals surface area contributed by atoms with E-state index in [0.29, 0.717) is 16.3 Å². The molecule has 0 fully saturated rings. The van der Waals surface area contributed by atoms with Crippen LogP contribution in [-0.4, -0.2) is 0 Å². The zero-order valence-electron chi connectivity index (χ0n) is 9.98. The second-order valence-electron chi connectivity index (χ2n) is 3.82. The molecule has 2 rings (SSSR count). The van der Waals surface area contributed by atoms with E-state index in [1.807, 2.05) is 24.3 Å². The van der Waals surface area contributed by atoms with Gasteiger partial charge in [-0.15, -0.1) is 0 Å². The average Bonchev–Trinajstić information content (AvgIpc) is 2.41. The van der Waals surface area contributed by atoms with E-state index in [-0.39, 0.29) is 0 Å². The third-order valence-corrected chi connectivity index (χ3v) is 2.87. The third kappa shape index (κ3) is 2.64. The van der Waals surface area contributed by atoms with Crippen LogP contribution in [0.4, 0.5) is 0 Å². The fraction of sp³-hybridized carbons (Fsp3) is 0.133. The fourth-order valence-electron chi connectivity index (χ4n) is 1.69. The highest BCUT2D eigenvalue weighted by molar-refractivity contribution is 6.30. The van der Waals surface area contributed by atoms with Gasteiger partial charge in [0, 0.05) is 5.02 Å². The van der Waals surface area contributed by atoms with Crippen LogP contribution in [0.1, 0.15) is 18.1 Å². The fourth-order valence-corrected chi connectivity index (χ4v) is 1.86. The normalized spacial score (nSPS) is 9.83. The molecule has 3 heteroatoms. The Hall–Kier alpha value is -1.98. The van der Waals surface area contributed by atoms with Gasteiger partial charge in [-0.3, -0.25) is 0 Å². The highest BCUT2D eigenvalue weighted by atomic mass is 35.5. The summed E-state index contributed by atoms with van der Waals surface area (Å²) in [5, 5.41) is 9.59. The Morgan fingerprint density at radius 1 is 1.17 bits per heavy atom. The first-order valence-corrected chi connectivity index (χ1v) is 6.07. The zero-order chi connectivity index (χ0) is 13.0. The summed E-state index contributed by atoms with van der Waals surface area (Å²) in [5.41, 5.74) is 1.55. The van der Waals surface area contributed by atoms with Crippen molar-refractivity contribution in [1.29, 1.82) is 5.26 Å². The topological polar surface area (TPSA) is 33.0 Å². The lowest BCUT2D eigenvalue weighted by atomic mass is 10.1. The number of hydrogen-bond donors (Lipinski definition) is 0. The van der Waals surface area contributed by atoms with Gasteiger partial charge in [-0.25, -0.2) is 0 Å². The second-order valence-corrected chi connectivity index (χ2v) is 4.25. The molecule has 2 aromatic carbocycles. The average molecular weight is 258 g/mol. The van der Waals surface area contributed by atoms with Gasteiger partial charge in [0.15, 0.2) is 0 Å². The Morgan fingerprint density at radius 2 is 1.94 bits per heavy atom. The van der Waals surface area contributed by atoms with Crippen LogP contribution < -0.4 is 4.74 Å². The first kappa shape index (κ1) is 12.5. The lowest BCUT2D eigenvalue weighted by molar-refractivity contribution is 0.475. The van der Waals surface area contributed by atoms with Gasteiger partial charge in [-0.1, -0.05) is 36.7 Å². The minimum Gasteiger partial charge on any atom is -0.456 e. The van der Waals surface area contributed by atoms with E-state index < -0.39 is 0 Å². The standard InChI is InChI=1S/C15H12ClNO/c1-2-11-5-3-4-6-14(11)18-15-8-7-13(16)9-12(15)10-17/h3-9H,2H2,1H3. The maximum atomic E-state index is 9.06. The molecule has 0 heterocycles. The smallest absolute Gasteiger partial charge is 0.145 e. The number of hydrogen-bond acceptors (Lipinski definition) is 2. The van der Waals surface area contributed by atoms with E-state index >= 15 is 0 Å². The summed E-state index contributed by atoms with van der Waals surface area (Å²) >= 11 is 5.85. The molecule has 0 aliphatic heterocycles. The monoisotopic (exact) mass is 257 g/mol. The van der Waals surface area contributed by atoms with Crippen LogP contribution in [0, 0.1) is 11.3 Å². The number of nitriles is 1. The molecule has 18 heavy (non-hydrogen) atoms. The maximum Gasteiger partial charge on any atom is 0.145 e. The Kier molecular flexibility index (Phi) is 3.86. The van der Waals surface area contributed by atoms with E-state index in [1.54, 1.807) is 18.2 Å². The molecule has 2 aromatic rings. The van der Waals surface area contributed by atoms with Gasteiger partial charge in [-0.2, -0.15) is 5.26 Å². The SMILES string of the molecule is CCc1ccccc1Oc1ccc(Cl)cc1C#N. The van der Waals surface area contributed by atoms with Gasteiger partial charge in [0.05, 0.1) is 5.56 Å². The number of ether oxygens (including phenoxy) is 1. The first-order valence-electron chi connectivity index (χ1n) is 5.70. The van der Waals surface area contributed by atoms with Gasteiger partial charge in [0.2, 0.25) is 0 Å². The molecule has 0 bridgehead atoms. The Labute approximate surface area is 111 Å². The molecule has 0 amide bonds. The van der Waals surface area contributed by atoms with Crippen molar-refractivity contribution in [3.63, 3.8) is 0 Å². The number of benzene rings is 2. The summed E-state index contributed by atoms with van der Waals surface area (Å²) in [6.45, 7) is 2.06. The van der Waals surface area contributed by atoms with Gasteiger partial charge < -0.3 is 4.74 Å². The maximum absolute atomic E-state index is 9.06. The minimum atomic E-state index is 0.438. The van der Waals surface area contributed by atoms with E-state index in [4.69, 9.17) is 21.6 Å². The molecule has 0 radical (unpaired) electrons. The molecule has 0 atom stereocenters. The van der Waals surface area contributed by atoms with Crippen LogP contribution in [0.3, 0.4) is 0 Å². The summed E-state index contributed by atoms with van der Waals surface area (Å²) in [7, 11) is 0. The molecule has 0 aliphatic rings. The van der Waals surface area contributed by atoms with E-state index in [9.17, 15) is 0 Å². The molecule has 90 valence electrons.